The van der Waals surface area contributed by atoms with E-state index in [1.54, 1.807) is 20.8 Å². The average Bonchev–Trinajstić information content (AvgIpc) is 3.59. The van der Waals surface area contributed by atoms with E-state index < -0.39 is 44.9 Å². The van der Waals surface area contributed by atoms with Crippen LogP contribution in [-0.2, 0) is 41.7 Å². The van der Waals surface area contributed by atoms with Gasteiger partial charge in [-0.05, 0) is 74.1 Å². The van der Waals surface area contributed by atoms with Gasteiger partial charge in [-0.2, -0.15) is 22.5 Å². The lowest BCUT2D eigenvalue weighted by Gasteiger charge is -2.38. The lowest BCUT2D eigenvalue weighted by molar-refractivity contribution is -0.151. The number of aromatic nitrogens is 4. The fourth-order valence-electron chi connectivity index (χ4n) is 7.49. The fourth-order valence-corrected chi connectivity index (χ4v) is 9.04. The number of aliphatic hydroxyl groups is 1. The number of pyridine rings is 2. The molecule has 18 heteroatoms. The van der Waals surface area contributed by atoms with Crippen LogP contribution in [-0.4, -0.2) is 102 Å². The number of hydrogen-bond acceptors (Lipinski definition) is 12. The number of fused-ring (bicyclic) bond motifs is 2. The Balaban J connectivity index is 1.37. The highest BCUT2D eigenvalue weighted by molar-refractivity contribution is 7.89. The van der Waals surface area contributed by atoms with Crippen LogP contribution >= 0.6 is 0 Å². The van der Waals surface area contributed by atoms with Crippen LogP contribution in [0.4, 0.5) is 13.2 Å². The maximum Gasteiger partial charge on any atom is 0.452 e. The molecular weight excluding hydrogens is 772 g/mol. The molecule has 1 spiro atoms. The van der Waals surface area contributed by atoms with E-state index in [1.807, 2.05) is 25.1 Å². The van der Waals surface area contributed by atoms with Crippen molar-refractivity contribution in [1.82, 2.24) is 23.9 Å². The Labute approximate surface area is 329 Å². The predicted octanol–water partition coefficient (Wildman–Crippen LogP) is 5.39. The van der Waals surface area contributed by atoms with Gasteiger partial charge in [-0.25, -0.2) is 8.42 Å². The van der Waals surface area contributed by atoms with Gasteiger partial charge in [0, 0.05) is 63.8 Å². The minimum atomic E-state index is -4.74. The summed E-state index contributed by atoms with van der Waals surface area (Å²) < 4.78 is 101. The van der Waals surface area contributed by atoms with Gasteiger partial charge in [-0.15, -0.1) is 10.2 Å². The number of rotatable bonds is 14. The van der Waals surface area contributed by atoms with Crippen LogP contribution in [0, 0.1) is 19.3 Å². The van der Waals surface area contributed by atoms with Gasteiger partial charge in [0.1, 0.15) is 10.5 Å². The van der Waals surface area contributed by atoms with Crippen LogP contribution in [0.25, 0.3) is 5.65 Å². The number of aryl methyl sites for hydroxylation is 2. The van der Waals surface area contributed by atoms with E-state index in [9.17, 15) is 26.4 Å². The van der Waals surface area contributed by atoms with Gasteiger partial charge in [-0.3, -0.25) is 9.20 Å². The summed E-state index contributed by atoms with van der Waals surface area (Å²) in [7, 11) is -2.94. The molecule has 4 aromatic rings. The molecule has 2 aliphatic rings. The summed E-state index contributed by atoms with van der Waals surface area (Å²) >= 11 is 0. The van der Waals surface area contributed by atoms with Crippen molar-refractivity contribution < 1.29 is 55.2 Å². The molecule has 1 saturated heterocycles. The standard InChI is InChI=1S/C39H48F3N5O9S/c1-25-8-9-27(32(37(3,4)36(49)52-5)29-12-15-47-33(26(29)2)44-45-35(47)39(40,41)42)22-28(25)23-46-24-38(13-20-54-21-14-38)56-34-30(57(46,50)51)10-11-31(43-34)55-19-7-18-53-17-6-16-48/h8-12,15,22,32,48H,6-7,13-14,16-21,23-24H2,1-5H3. The van der Waals surface area contributed by atoms with Crippen LogP contribution in [0.5, 0.6) is 11.8 Å². The second-order valence-electron chi connectivity index (χ2n) is 15.0. The zero-order chi connectivity index (χ0) is 41.2. The summed E-state index contributed by atoms with van der Waals surface area (Å²) in [6.45, 7) is 8.70. The first-order valence-corrected chi connectivity index (χ1v) is 20.1. The zero-order valence-electron chi connectivity index (χ0n) is 32.6. The molecule has 3 aromatic heterocycles. The van der Waals surface area contributed by atoms with Crippen molar-refractivity contribution in [3.8, 4) is 11.8 Å². The second kappa shape index (κ2) is 16.9. The van der Waals surface area contributed by atoms with Crippen LogP contribution in [0.1, 0.15) is 79.1 Å². The Morgan fingerprint density at radius 2 is 1.77 bits per heavy atom. The van der Waals surface area contributed by atoms with Gasteiger partial charge in [0.05, 0.1) is 38.9 Å². The molecule has 1 aromatic carbocycles. The number of methoxy groups -OCH3 is 1. The number of sulfonamides is 1. The smallest absolute Gasteiger partial charge is 0.452 e. The van der Waals surface area contributed by atoms with Crippen molar-refractivity contribution in [2.75, 3.05) is 53.3 Å². The number of aliphatic hydroxyl groups excluding tert-OH is 1. The number of benzene rings is 1. The first-order chi connectivity index (χ1) is 27.0. The highest BCUT2D eigenvalue weighted by Crippen LogP contribution is 2.45. The second-order valence-corrected chi connectivity index (χ2v) is 16.9. The molecule has 310 valence electrons. The maximum absolute atomic E-state index is 14.6. The number of esters is 1. The third-order valence-corrected chi connectivity index (χ3v) is 12.5. The molecule has 0 saturated carbocycles. The quantitative estimate of drug-likeness (QED) is 0.128. The molecule has 0 bridgehead atoms. The van der Waals surface area contributed by atoms with E-state index >= 15 is 0 Å². The van der Waals surface area contributed by atoms with Crippen molar-refractivity contribution in [2.24, 2.45) is 5.41 Å². The normalized spacial score (nSPS) is 17.5. The minimum absolute atomic E-state index is 0.00136. The van der Waals surface area contributed by atoms with Crippen molar-refractivity contribution in [2.45, 2.75) is 82.5 Å². The van der Waals surface area contributed by atoms with Gasteiger partial charge < -0.3 is 28.8 Å². The number of carbonyl (C=O) groups is 1. The molecule has 0 aliphatic carbocycles. The average molecular weight is 820 g/mol. The van der Waals surface area contributed by atoms with E-state index in [1.165, 1.54) is 35.8 Å². The summed E-state index contributed by atoms with van der Waals surface area (Å²) in [6, 6.07) is 9.94. The van der Waals surface area contributed by atoms with Crippen LogP contribution in [0.3, 0.4) is 0 Å². The molecule has 1 unspecified atom stereocenters. The Morgan fingerprint density at radius 3 is 2.47 bits per heavy atom. The molecule has 1 N–H and O–H groups in total. The molecule has 57 heavy (non-hydrogen) atoms. The molecular formula is C39H48F3N5O9S. The van der Waals surface area contributed by atoms with Crippen molar-refractivity contribution in [3.63, 3.8) is 0 Å². The van der Waals surface area contributed by atoms with Crippen molar-refractivity contribution >= 4 is 21.6 Å². The number of alkyl halides is 3. The molecule has 2 aliphatic heterocycles. The number of ether oxygens (including phenoxy) is 5. The van der Waals surface area contributed by atoms with Gasteiger partial charge in [-0.1, -0.05) is 18.2 Å². The van der Waals surface area contributed by atoms with E-state index in [-0.39, 0.29) is 48.6 Å². The lowest BCUT2D eigenvalue weighted by Crippen LogP contribution is -2.50. The monoisotopic (exact) mass is 819 g/mol. The molecule has 1 fully saturated rings. The number of halogens is 3. The molecule has 5 heterocycles. The van der Waals surface area contributed by atoms with Gasteiger partial charge in [0.2, 0.25) is 27.6 Å². The number of nitrogens with zero attached hydrogens (tertiary/aromatic N) is 5. The summed E-state index contributed by atoms with van der Waals surface area (Å²) in [5, 5.41) is 16.2. The Bertz CT molecular complexity index is 2190. The summed E-state index contributed by atoms with van der Waals surface area (Å²) in [5.41, 5.74) is 0.724. The maximum atomic E-state index is 14.6. The number of hydrogen-bond donors (Lipinski definition) is 1. The Hall–Kier alpha value is -4.36. The van der Waals surface area contributed by atoms with Crippen LogP contribution in [0.2, 0.25) is 0 Å². The van der Waals surface area contributed by atoms with Gasteiger partial charge in [0.15, 0.2) is 5.65 Å². The highest BCUT2D eigenvalue weighted by atomic mass is 32.2. The largest absolute Gasteiger partial charge is 0.477 e. The Morgan fingerprint density at radius 1 is 1.04 bits per heavy atom. The van der Waals surface area contributed by atoms with E-state index in [0.717, 1.165) is 9.96 Å². The Kier molecular flexibility index (Phi) is 12.5. The first-order valence-electron chi connectivity index (χ1n) is 18.7. The van der Waals surface area contributed by atoms with Crippen LogP contribution < -0.4 is 9.47 Å². The van der Waals surface area contributed by atoms with E-state index in [2.05, 4.69) is 15.2 Å². The van der Waals surface area contributed by atoms with Gasteiger partial charge >= 0.3 is 12.1 Å². The molecule has 6 rings (SSSR count). The predicted molar refractivity (Wildman–Crippen MR) is 199 cm³/mol. The minimum Gasteiger partial charge on any atom is -0.477 e. The van der Waals surface area contributed by atoms with E-state index in [0.29, 0.717) is 74.4 Å². The summed E-state index contributed by atoms with van der Waals surface area (Å²) in [4.78, 5) is 17.8. The third-order valence-electron chi connectivity index (χ3n) is 10.6. The topological polar surface area (TPSA) is 164 Å². The summed E-state index contributed by atoms with van der Waals surface area (Å²) in [5.74, 6) is -2.35. The lowest BCUT2D eigenvalue weighted by atomic mass is 9.70. The number of carbonyl (C=O) groups excluding carboxylic acids is 1. The van der Waals surface area contributed by atoms with Crippen molar-refractivity contribution in [3.05, 3.63) is 76.2 Å². The SMILES string of the molecule is COC(=O)C(C)(C)C(c1ccc(C)c(CN2CC3(CCOCC3)Oc3nc(OCCCOCCCO)ccc3S2(=O)=O)c1)c1ccn2c(C(F)(F)F)nnc2c1C. The molecule has 1 atom stereocenters. The third kappa shape index (κ3) is 8.74. The summed E-state index contributed by atoms with van der Waals surface area (Å²) in [6.07, 6.45) is -1.58. The molecule has 14 nitrogen and oxygen atoms in total. The fraction of sp³-hybridized carbons (Fsp3) is 0.538. The van der Waals surface area contributed by atoms with Crippen molar-refractivity contribution in [1.29, 1.82) is 0 Å². The van der Waals surface area contributed by atoms with Crippen LogP contribution in [0.15, 0.2) is 47.5 Å². The molecule has 0 radical (unpaired) electrons. The highest BCUT2D eigenvalue weighted by Gasteiger charge is 2.47. The zero-order valence-corrected chi connectivity index (χ0v) is 33.4. The molecule has 0 amide bonds. The first kappa shape index (κ1) is 42.3. The van der Waals surface area contributed by atoms with Gasteiger partial charge in [0.25, 0.3) is 0 Å². The van der Waals surface area contributed by atoms with E-state index in [4.69, 9.17) is 28.8 Å².